The highest BCUT2D eigenvalue weighted by molar-refractivity contribution is 5.66. The number of primary amides is 2. The van der Waals surface area contributed by atoms with E-state index in [0.29, 0.717) is 0 Å². The monoisotopic (exact) mass is 274 g/mol. The van der Waals surface area contributed by atoms with Gasteiger partial charge in [-0.2, -0.15) is 0 Å². The molecular weight excluding hydrogens is 262 g/mol. The third-order valence-electron chi connectivity index (χ3n) is 2.26. The minimum Gasteiger partial charge on any atom is -0.442 e. The fourth-order valence-corrected chi connectivity index (χ4v) is 1.54. The summed E-state index contributed by atoms with van der Waals surface area (Å²) in [5.41, 5.74) is 9.04. The number of nitrogens with two attached hydrogens (primary N) is 2. The lowest BCUT2D eigenvalue weighted by molar-refractivity contribution is 0.000811. The minimum absolute atomic E-state index is 0.574. The average molecular weight is 274 g/mol. The van der Waals surface area contributed by atoms with Crippen molar-refractivity contribution < 1.29 is 27.8 Å². The van der Waals surface area contributed by atoms with Gasteiger partial charge in [0.15, 0.2) is 6.10 Å². The molecular formula is C11H12F2N2O4. The van der Waals surface area contributed by atoms with Crippen LogP contribution in [0.3, 0.4) is 0 Å². The topological polar surface area (TPSA) is 105 Å². The second kappa shape index (κ2) is 5.98. The standard InChI is InChI=1S/C11H12F2N2O4/c1-5(18-10(14)16)9(19-11(15)17)8-6(12)3-2-4-7(8)13/h2-5,9H,1H3,(H2,14,16)(H2,15,17). The second-order valence-corrected chi connectivity index (χ2v) is 3.63. The molecule has 6 nitrogen and oxygen atoms in total. The highest BCUT2D eigenvalue weighted by Gasteiger charge is 2.30. The molecule has 0 aromatic heterocycles. The molecule has 104 valence electrons. The first-order chi connectivity index (χ1) is 8.82. The molecule has 0 radical (unpaired) electrons. The van der Waals surface area contributed by atoms with Gasteiger partial charge in [-0.25, -0.2) is 18.4 Å². The maximum Gasteiger partial charge on any atom is 0.405 e. The molecule has 8 heteroatoms. The van der Waals surface area contributed by atoms with Crippen LogP contribution in [0.1, 0.15) is 18.6 Å². The van der Waals surface area contributed by atoms with E-state index in [1.165, 1.54) is 6.92 Å². The molecule has 0 saturated carbocycles. The van der Waals surface area contributed by atoms with Crippen LogP contribution in [0.4, 0.5) is 18.4 Å². The Kier molecular flexibility index (Phi) is 4.62. The van der Waals surface area contributed by atoms with Crippen molar-refractivity contribution in [3.63, 3.8) is 0 Å². The summed E-state index contributed by atoms with van der Waals surface area (Å²) in [6.07, 6.45) is -5.20. The Morgan fingerprint density at radius 2 is 1.58 bits per heavy atom. The number of amides is 2. The van der Waals surface area contributed by atoms with Crippen LogP contribution in [-0.2, 0) is 9.47 Å². The SMILES string of the molecule is CC(OC(N)=O)C(OC(N)=O)c1c(F)cccc1F. The van der Waals surface area contributed by atoms with E-state index in [1.807, 2.05) is 0 Å². The van der Waals surface area contributed by atoms with Crippen molar-refractivity contribution in [3.8, 4) is 0 Å². The van der Waals surface area contributed by atoms with Gasteiger partial charge in [0, 0.05) is 0 Å². The molecule has 0 aliphatic heterocycles. The molecule has 2 atom stereocenters. The van der Waals surface area contributed by atoms with Crippen molar-refractivity contribution in [2.45, 2.75) is 19.1 Å². The Hall–Kier alpha value is -2.38. The first-order valence-corrected chi connectivity index (χ1v) is 5.19. The number of ether oxygens (including phenoxy) is 2. The Morgan fingerprint density at radius 3 is 2.00 bits per heavy atom. The van der Waals surface area contributed by atoms with Crippen molar-refractivity contribution in [3.05, 3.63) is 35.4 Å². The fraction of sp³-hybridized carbons (Fsp3) is 0.273. The van der Waals surface area contributed by atoms with Crippen LogP contribution in [0.15, 0.2) is 18.2 Å². The van der Waals surface area contributed by atoms with Crippen LogP contribution in [0.2, 0.25) is 0 Å². The van der Waals surface area contributed by atoms with Gasteiger partial charge in [0.05, 0.1) is 5.56 Å². The summed E-state index contributed by atoms with van der Waals surface area (Å²) in [5.74, 6) is -1.93. The zero-order chi connectivity index (χ0) is 14.6. The Labute approximate surface area is 107 Å². The van der Waals surface area contributed by atoms with Crippen LogP contribution in [0.25, 0.3) is 0 Å². The summed E-state index contributed by atoms with van der Waals surface area (Å²) < 4.78 is 36.3. The highest BCUT2D eigenvalue weighted by Crippen LogP contribution is 2.28. The summed E-state index contributed by atoms with van der Waals surface area (Å²) in [6, 6.07) is 3.06. The lowest BCUT2D eigenvalue weighted by Crippen LogP contribution is -2.31. The summed E-state index contributed by atoms with van der Waals surface area (Å²) >= 11 is 0. The molecule has 2 amide bonds. The number of benzene rings is 1. The van der Waals surface area contributed by atoms with Gasteiger partial charge in [-0.3, -0.25) is 0 Å². The minimum atomic E-state index is -1.54. The smallest absolute Gasteiger partial charge is 0.405 e. The molecule has 1 aromatic carbocycles. The molecule has 0 heterocycles. The molecule has 1 aromatic rings. The van der Waals surface area contributed by atoms with Gasteiger partial charge in [0.1, 0.15) is 17.7 Å². The van der Waals surface area contributed by atoms with E-state index in [4.69, 9.17) is 11.5 Å². The third kappa shape index (κ3) is 3.80. The van der Waals surface area contributed by atoms with Crippen LogP contribution in [-0.4, -0.2) is 18.3 Å². The van der Waals surface area contributed by atoms with Gasteiger partial charge in [-0.15, -0.1) is 0 Å². The van der Waals surface area contributed by atoms with E-state index < -0.39 is 41.6 Å². The van der Waals surface area contributed by atoms with Crippen molar-refractivity contribution in [2.75, 3.05) is 0 Å². The quantitative estimate of drug-likeness (QED) is 0.869. The molecule has 1 rings (SSSR count). The van der Waals surface area contributed by atoms with Crippen LogP contribution >= 0.6 is 0 Å². The first kappa shape index (κ1) is 14.7. The van der Waals surface area contributed by atoms with E-state index in [1.54, 1.807) is 0 Å². The van der Waals surface area contributed by atoms with Crippen LogP contribution in [0.5, 0.6) is 0 Å². The van der Waals surface area contributed by atoms with Gasteiger partial charge >= 0.3 is 12.2 Å². The molecule has 0 aliphatic rings. The maximum atomic E-state index is 13.6. The van der Waals surface area contributed by atoms with Gasteiger partial charge in [-0.1, -0.05) is 6.07 Å². The van der Waals surface area contributed by atoms with Gasteiger partial charge < -0.3 is 20.9 Å². The normalized spacial score (nSPS) is 13.4. The van der Waals surface area contributed by atoms with Gasteiger partial charge in [-0.05, 0) is 19.1 Å². The van der Waals surface area contributed by atoms with E-state index in [0.717, 1.165) is 18.2 Å². The Balaban J connectivity index is 3.16. The third-order valence-corrected chi connectivity index (χ3v) is 2.26. The second-order valence-electron chi connectivity index (χ2n) is 3.63. The lowest BCUT2D eigenvalue weighted by Gasteiger charge is -2.23. The maximum absolute atomic E-state index is 13.6. The van der Waals surface area contributed by atoms with Crippen LogP contribution in [0, 0.1) is 11.6 Å². The Morgan fingerprint density at radius 1 is 1.11 bits per heavy atom. The molecule has 2 unspecified atom stereocenters. The van der Waals surface area contributed by atoms with E-state index in [9.17, 15) is 18.4 Å². The zero-order valence-electron chi connectivity index (χ0n) is 9.93. The number of rotatable bonds is 4. The number of carbonyl (C=O) groups excluding carboxylic acids is 2. The van der Waals surface area contributed by atoms with Crippen molar-refractivity contribution in [1.29, 1.82) is 0 Å². The molecule has 0 bridgehead atoms. The van der Waals surface area contributed by atoms with Crippen molar-refractivity contribution >= 4 is 12.2 Å². The molecule has 0 fully saturated rings. The lowest BCUT2D eigenvalue weighted by atomic mass is 10.0. The largest absolute Gasteiger partial charge is 0.442 e. The van der Waals surface area contributed by atoms with Gasteiger partial charge in [0.25, 0.3) is 0 Å². The number of halogens is 2. The Bertz CT molecular complexity index is 475. The van der Waals surface area contributed by atoms with Crippen molar-refractivity contribution in [1.82, 2.24) is 0 Å². The van der Waals surface area contributed by atoms with Crippen LogP contribution < -0.4 is 11.5 Å². The van der Waals surface area contributed by atoms with E-state index in [2.05, 4.69) is 9.47 Å². The average Bonchev–Trinajstić information content (AvgIpc) is 2.25. The fourth-order valence-electron chi connectivity index (χ4n) is 1.54. The summed E-state index contributed by atoms with van der Waals surface area (Å²) in [4.78, 5) is 21.4. The number of carbonyl (C=O) groups is 2. The molecule has 0 saturated heterocycles. The highest BCUT2D eigenvalue weighted by atomic mass is 19.1. The predicted octanol–water partition coefficient (Wildman–Crippen LogP) is 1.58. The molecule has 4 N–H and O–H groups in total. The molecule has 0 aliphatic carbocycles. The van der Waals surface area contributed by atoms with E-state index in [-0.39, 0.29) is 0 Å². The van der Waals surface area contributed by atoms with Crippen molar-refractivity contribution in [2.24, 2.45) is 11.5 Å². The molecule has 0 spiro atoms. The number of hydrogen-bond acceptors (Lipinski definition) is 4. The number of hydrogen-bond donors (Lipinski definition) is 2. The van der Waals surface area contributed by atoms with E-state index >= 15 is 0 Å². The predicted molar refractivity (Wildman–Crippen MR) is 59.9 cm³/mol. The van der Waals surface area contributed by atoms with Gasteiger partial charge in [0.2, 0.25) is 0 Å². The summed E-state index contributed by atoms with van der Waals surface area (Å²) in [5, 5.41) is 0. The first-order valence-electron chi connectivity index (χ1n) is 5.19. The molecule has 19 heavy (non-hydrogen) atoms. The zero-order valence-corrected chi connectivity index (χ0v) is 9.93. The summed E-state index contributed by atoms with van der Waals surface area (Å²) in [7, 11) is 0. The summed E-state index contributed by atoms with van der Waals surface area (Å²) in [6.45, 7) is 1.25.